The number of hydroxylamine groups is 2. The highest BCUT2D eigenvalue weighted by Crippen LogP contribution is 2.44. The summed E-state index contributed by atoms with van der Waals surface area (Å²) in [6.07, 6.45) is -3.12. The number of hydrogen-bond acceptors (Lipinski definition) is 5. The fraction of sp³-hybridized carbons (Fsp3) is 0.391. The van der Waals surface area contributed by atoms with E-state index in [1.165, 1.54) is 0 Å². The molecule has 0 bridgehead atoms. The third kappa shape index (κ3) is 4.90. The van der Waals surface area contributed by atoms with Crippen molar-refractivity contribution < 1.29 is 27.5 Å². The number of nitrogens with zero attached hydrogens (tertiary/aromatic N) is 2. The molecule has 0 spiro atoms. The molecule has 0 N–H and O–H groups in total. The normalized spacial score (nSPS) is 22.3. The Morgan fingerprint density at radius 1 is 1.00 bits per heavy atom. The van der Waals surface area contributed by atoms with Crippen LogP contribution in [-0.2, 0) is 14.4 Å². The average molecular weight is 432 g/mol. The van der Waals surface area contributed by atoms with Crippen molar-refractivity contribution in [3.63, 3.8) is 0 Å². The predicted molar refractivity (Wildman–Crippen MR) is 108 cm³/mol. The molecular formula is C23H23F3N2O3. The molecule has 1 fully saturated rings. The second kappa shape index (κ2) is 9.09. The molecule has 5 nitrogen and oxygen atoms in total. The minimum Gasteiger partial charge on any atom is -0.381 e. The second-order valence-corrected chi connectivity index (χ2v) is 7.72. The van der Waals surface area contributed by atoms with Crippen LogP contribution in [-0.4, -0.2) is 36.3 Å². The van der Waals surface area contributed by atoms with Crippen molar-refractivity contribution in [2.24, 2.45) is 10.9 Å². The van der Waals surface area contributed by atoms with Crippen LogP contribution in [0.25, 0.3) is 0 Å². The Hall–Kier alpha value is -2.87. The number of benzene rings is 2. The van der Waals surface area contributed by atoms with Gasteiger partial charge in [0.2, 0.25) is 0 Å². The van der Waals surface area contributed by atoms with Gasteiger partial charge in [0.15, 0.2) is 0 Å². The molecule has 2 aromatic rings. The number of carbonyl (C=O) groups is 1. The zero-order valence-electron chi connectivity index (χ0n) is 16.8. The van der Waals surface area contributed by atoms with Crippen LogP contribution in [0.2, 0.25) is 0 Å². The Morgan fingerprint density at radius 2 is 1.58 bits per heavy atom. The van der Waals surface area contributed by atoms with E-state index in [0.717, 1.165) is 29.0 Å². The number of aliphatic imine (C=N–C) groups is 1. The highest BCUT2D eigenvalue weighted by Gasteiger charge is 2.47. The van der Waals surface area contributed by atoms with Crippen molar-refractivity contribution in [3.05, 3.63) is 71.8 Å². The predicted octanol–water partition coefficient (Wildman–Crippen LogP) is 5.02. The van der Waals surface area contributed by atoms with E-state index in [1.807, 2.05) is 48.5 Å². The fourth-order valence-corrected chi connectivity index (χ4v) is 4.05. The molecule has 164 valence electrons. The summed E-state index contributed by atoms with van der Waals surface area (Å²) in [5.41, 5.74) is 1.56. The van der Waals surface area contributed by atoms with Crippen molar-refractivity contribution in [2.45, 2.75) is 37.5 Å². The maximum absolute atomic E-state index is 13.1. The number of ether oxygens (including phenoxy) is 1. The first-order valence-electron chi connectivity index (χ1n) is 10.3. The van der Waals surface area contributed by atoms with Crippen LogP contribution in [0.3, 0.4) is 0 Å². The SMILES string of the molecule is O=C(ON1C(CC2CCOCC2)=NC(c2ccccc2)C1c1ccccc1)C(F)(F)F. The van der Waals surface area contributed by atoms with Gasteiger partial charge in [-0.15, -0.1) is 0 Å². The van der Waals surface area contributed by atoms with Crippen LogP contribution in [0.15, 0.2) is 65.7 Å². The van der Waals surface area contributed by atoms with Gasteiger partial charge in [0, 0.05) is 19.6 Å². The van der Waals surface area contributed by atoms with Gasteiger partial charge in [-0.2, -0.15) is 18.2 Å². The quantitative estimate of drug-likeness (QED) is 0.666. The van der Waals surface area contributed by atoms with Gasteiger partial charge in [-0.3, -0.25) is 4.99 Å². The largest absolute Gasteiger partial charge is 0.493 e. The van der Waals surface area contributed by atoms with Crippen molar-refractivity contribution in [1.29, 1.82) is 0 Å². The fourth-order valence-electron chi connectivity index (χ4n) is 4.05. The van der Waals surface area contributed by atoms with E-state index in [1.54, 1.807) is 12.1 Å². The highest BCUT2D eigenvalue weighted by molar-refractivity contribution is 5.86. The van der Waals surface area contributed by atoms with Crippen molar-refractivity contribution in [2.75, 3.05) is 13.2 Å². The molecule has 2 unspecified atom stereocenters. The van der Waals surface area contributed by atoms with E-state index in [9.17, 15) is 18.0 Å². The zero-order chi connectivity index (χ0) is 21.8. The summed E-state index contributed by atoms with van der Waals surface area (Å²) in [5.74, 6) is -1.69. The lowest BCUT2D eigenvalue weighted by Gasteiger charge is -2.31. The van der Waals surface area contributed by atoms with E-state index in [4.69, 9.17) is 14.6 Å². The van der Waals surface area contributed by atoms with E-state index in [0.29, 0.717) is 25.5 Å². The molecule has 2 atom stereocenters. The minimum absolute atomic E-state index is 0.200. The topological polar surface area (TPSA) is 51.1 Å². The van der Waals surface area contributed by atoms with Crippen LogP contribution in [0.4, 0.5) is 13.2 Å². The summed E-state index contributed by atoms with van der Waals surface area (Å²) in [4.78, 5) is 21.6. The number of alkyl halides is 3. The van der Waals surface area contributed by atoms with Gasteiger partial charge in [-0.25, -0.2) is 4.79 Å². The van der Waals surface area contributed by atoms with Crippen molar-refractivity contribution in [3.8, 4) is 0 Å². The second-order valence-electron chi connectivity index (χ2n) is 7.72. The van der Waals surface area contributed by atoms with Gasteiger partial charge in [0.25, 0.3) is 0 Å². The molecule has 2 aromatic carbocycles. The van der Waals surface area contributed by atoms with Crippen molar-refractivity contribution in [1.82, 2.24) is 5.06 Å². The summed E-state index contributed by atoms with van der Waals surface area (Å²) < 4.78 is 44.6. The third-order valence-corrected chi connectivity index (χ3v) is 5.60. The average Bonchev–Trinajstić information content (AvgIpc) is 3.13. The number of carbonyl (C=O) groups excluding carboxylic acids is 1. The summed E-state index contributed by atoms with van der Waals surface area (Å²) in [7, 11) is 0. The van der Waals surface area contributed by atoms with E-state index < -0.39 is 24.2 Å². The smallest absolute Gasteiger partial charge is 0.381 e. The van der Waals surface area contributed by atoms with E-state index in [2.05, 4.69) is 0 Å². The number of hydrogen-bond donors (Lipinski definition) is 0. The molecule has 2 aliphatic rings. The molecule has 2 aliphatic heterocycles. The summed E-state index contributed by atoms with van der Waals surface area (Å²) in [6.45, 7) is 1.20. The van der Waals surface area contributed by atoms with E-state index in [-0.39, 0.29) is 5.92 Å². The Kier molecular flexibility index (Phi) is 6.27. The number of rotatable bonds is 5. The zero-order valence-corrected chi connectivity index (χ0v) is 16.8. The molecule has 0 saturated carbocycles. The molecule has 1 saturated heterocycles. The highest BCUT2D eigenvalue weighted by atomic mass is 19.4. The number of halogens is 3. The van der Waals surface area contributed by atoms with Crippen LogP contribution in [0.5, 0.6) is 0 Å². The Bertz CT molecular complexity index is 913. The van der Waals surface area contributed by atoms with Crippen LogP contribution in [0.1, 0.15) is 42.5 Å². The molecule has 0 aromatic heterocycles. The Morgan fingerprint density at radius 3 is 2.16 bits per heavy atom. The lowest BCUT2D eigenvalue weighted by atomic mass is 9.94. The first-order valence-corrected chi connectivity index (χ1v) is 10.3. The molecule has 0 amide bonds. The monoisotopic (exact) mass is 432 g/mol. The Balaban J connectivity index is 1.72. The molecule has 0 aliphatic carbocycles. The molecule has 8 heteroatoms. The van der Waals surface area contributed by atoms with Gasteiger partial charge in [0.05, 0.1) is 0 Å². The maximum atomic E-state index is 13.1. The standard InChI is InChI=1S/C23H23F3N2O3/c24-23(25,26)22(29)31-28-19(15-16-11-13-30-14-12-16)27-20(17-7-3-1-4-8-17)21(28)18-9-5-2-6-10-18/h1-10,16,20-21H,11-15H2. The first kappa shape index (κ1) is 21.4. The first-order chi connectivity index (χ1) is 14.9. The lowest BCUT2D eigenvalue weighted by Crippen LogP contribution is -2.39. The third-order valence-electron chi connectivity index (χ3n) is 5.60. The molecule has 31 heavy (non-hydrogen) atoms. The van der Waals surface area contributed by atoms with Crippen LogP contribution >= 0.6 is 0 Å². The van der Waals surface area contributed by atoms with E-state index >= 15 is 0 Å². The maximum Gasteiger partial charge on any atom is 0.493 e. The molecule has 2 heterocycles. The van der Waals surface area contributed by atoms with Gasteiger partial charge in [0.1, 0.15) is 17.9 Å². The van der Waals surface area contributed by atoms with Crippen molar-refractivity contribution >= 4 is 11.8 Å². The number of amidine groups is 1. The van der Waals surface area contributed by atoms with Crippen LogP contribution < -0.4 is 0 Å². The summed E-state index contributed by atoms with van der Waals surface area (Å²) >= 11 is 0. The van der Waals surface area contributed by atoms with Crippen LogP contribution in [0, 0.1) is 5.92 Å². The van der Waals surface area contributed by atoms with Gasteiger partial charge < -0.3 is 9.57 Å². The van der Waals surface area contributed by atoms with Gasteiger partial charge in [-0.05, 0) is 29.9 Å². The minimum atomic E-state index is -5.10. The molecule has 0 radical (unpaired) electrons. The lowest BCUT2D eigenvalue weighted by molar-refractivity contribution is -0.230. The van der Waals surface area contributed by atoms with Gasteiger partial charge >= 0.3 is 12.1 Å². The molecule has 4 rings (SSSR count). The van der Waals surface area contributed by atoms with Gasteiger partial charge in [-0.1, -0.05) is 60.7 Å². The Labute approximate surface area is 178 Å². The summed E-state index contributed by atoms with van der Waals surface area (Å²) in [6, 6.07) is 17.2. The summed E-state index contributed by atoms with van der Waals surface area (Å²) in [5, 5.41) is 1.08. The molecular weight excluding hydrogens is 409 g/mol.